The van der Waals surface area contributed by atoms with Crippen molar-refractivity contribution in [2.45, 2.75) is 39.4 Å². The Bertz CT molecular complexity index is 928. The molecule has 1 aromatic heterocycles. The molecule has 3 aromatic rings. The third-order valence-electron chi connectivity index (χ3n) is 5.72. The molecule has 3 heteroatoms. The summed E-state index contributed by atoms with van der Waals surface area (Å²) in [5, 5.41) is 0. The van der Waals surface area contributed by atoms with Crippen molar-refractivity contribution in [2.75, 3.05) is 13.7 Å². The predicted molar refractivity (Wildman–Crippen MR) is 110 cm³/mol. The SMILES string of the molecule is COc1cccc([C@@H]2c3cccn3CCCN2Cc2ccc(C)c(C)c2)c1. The highest BCUT2D eigenvalue weighted by Crippen LogP contribution is 2.34. The van der Waals surface area contributed by atoms with E-state index >= 15 is 0 Å². The number of aromatic nitrogens is 1. The van der Waals surface area contributed by atoms with E-state index in [2.05, 4.69) is 78.0 Å². The third kappa shape index (κ3) is 3.65. The quantitative estimate of drug-likeness (QED) is 0.643. The number of hydrogen-bond acceptors (Lipinski definition) is 2. The molecule has 1 aliphatic rings. The van der Waals surface area contributed by atoms with Gasteiger partial charge in [0.2, 0.25) is 0 Å². The van der Waals surface area contributed by atoms with Gasteiger partial charge in [0.05, 0.1) is 13.2 Å². The summed E-state index contributed by atoms with van der Waals surface area (Å²) in [6.45, 7) is 7.49. The fourth-order valence-corrected chi connectivity index (χ4v) is 4.14. The molecule has 27 heavy (non-hydrogen) atoms. The van der Waals surface area contributed by atoms with Crippen LogP contribution in [0.3, 0.4) is 0 Å². The van der Waals surface area contributed by atoms with Gasteiger partial charge in [-0.05, 0) is 66.8 Å². The fraction of sp³-hybridized carbons (Fsp3) is 0.333. The van der Waals surface area contributed by atoms with Gasteiger partial charge in [-0.1, -0.05) is 30.3 Å². The van der Waals surface area contributed by atoms with Crippen molar-refractivity contribution in [1.82, 2.24) is 9.47 Å². The van der Waals surface area contributed by atoms with Gasteiger partial charge in [-0.3, -0.25) is 4.90 Å². The van der Waals surface area contributed by atoms with Gasteiger partial charge in [-0.25, -0.2) is 0 Å². The standard InChI is InChI=1S/C24H28N2O/c1-18-10-11-20(15-19(18)2)17-26-14-6-13-25-12-5-9-23(25)24(26)21-7-4-8-22(16-21)27-3/h4-5,7-12,15-16,24H,6,13-14,17H2,1-3H3/t24-/m1/s1. The summed E-state index contributed by atoms with van der Waals surface area (Å²) in [4.78, 5) is 2.61. The van der Waals surface area contributed by atoms with Crippen molar-refractivity contribution in [3.05, 3.63) is 88.7 Å². The zero-order chi connectivity index (χ0) is 18.8. The summed E-state index contributed by atoms with van der Waals surface area (Å²) in [6.07, 6.45) is 3.37. The molecule has 0 saturated carbocycles. The molecule has 4 rings (SSSR count). The molecule has 0 fully saturated rings. The lowest BCUT2D eigenvalue weighted by molar-refractivity contribution is 0.220. The van der Waals surface area contributed by atoms with E-state index in [1.54, 1.807) is 7.11 Å². The topological polar surface area (TPSA) is 17.4 Å². The number of nitrogens with zero attached hydrogens (tertiary/aromatic N) is 2. The highest BCUT2D eigenvalue weighted by molar-refractivity contribution is 5.36. The largest absolute Gasteiger partial charge is 0.497 e. The molecule has 2 aromatic carbocycles. The molecule has 1 aliphatic heterocycles. The molecular weight excluding hydrogens is 332 g/mol. The van der Waals surface area contributed by atoms with E-state index in [0.29, 0.717) is 0 Å². The van der Waals surface area contributed by atoms with Gasteiger partial charge < -0.3 is 9.30 Å². The van der Waals surface area contributed by atoms with E-state index in [4.69, 9.17) is 4.74 Å². The molecular formula is C24H28N2O. The maximum absolute atomic E-state index is 5.50. The Morgan fingerprint density at radius 3 is 2.67 bits per heavy atom. The summed E-state index contributed by atoms with van der Waals surface area (Å²) in [6, 6.07) is 20.0. The third-order valence-corrected chi connectivity index (χ3v) is 5.72. The van der Waals surface area contributed by atoms with Crippen molar-refractivity contribution < 1.29 is 4.74 Å². The normalized spacial score (nSPS) is 17.4. The molecule has 1 atom stereocenters. The molecule has 2 heterocycles. The number of hydrogen-bond donors (Lipinski definition) is 0. The van der Waals surface area contributed by atoms with Crippen molar-refractivity contribution in [2.24, 2.45) is 0 Å². The van der Waals surface area contributed by atoms with Gasteiger partial charge in [-0.2, -0.15) is 0 Å². The molecule has 0 spiro atoms. The summed E-state index contributed by atoms with van der Waals surface area (Å²) in [5.74, 6) is 0.918. The van der Waals surface area contributed by atoms with Crippen LogP contribution in [0.15, 0.2) is 60.8 Å². The van der Waals surface area contributed by atoms with Gasteiger partial charge in [0.1, 0.15) is 5.75 Å². The lowest BCUT2D eigenvalue weighted by Crippen LogP contribution is -2.29. The molecule has 0 aliphatic carbocycles. The zero-order valence-corrected chi connectivity index (χ0v) is 16.5. The minimum Gasteiger partial charge on any atom is -0.497 e. The van der Waals surface area contributed by atoms with Crippen LogP contribution >= 0.6 is 0 Å². The van der Waals surface area contributed by atoms with Crippen LogP contribution in [0.4, 0.5) is 0 Å². The highest BCUT2D eigenvalue weighted by Gasteiger charge is 2.27. The van der Waals surface area contributed by atoms with Gasteiger partial charge in [0.15, 0.2) is 0 Å². The smallest absolute Gasteiger partial charge is 0.119 e. The van der Waals surface area contributed by atoms with Crippen LogP contribution in [-0.4, -0.2) is 23.1 Å². The molecule has 0 radical (unpaired) electrons. The Morgan fingerprint density at radius 2 is 1.85 bits per heavy atom. The molecule has 0 bridgehead atoms. The van der Waals surface area contributed by atoms with Gasteiger partial charge in [-0.15, -0.1) is 0 Å². The van der Waals surface area contributed by atoms with Crippen molar-refractivity contribution in [1.29, 1.82) is 0 Å². The number of aryl methyl sites for hydroxylation is 3. The van der Waals surface area contributed by atoms with Gasteiger partial charge in [0.25, 0.3) is 0 Å². The summed E-state index contributed by atoms with van der Waals surface area (Å²) >= 11 is 0. The molecule has 0 N–H and O–H groups in total. The van der Waals surface area contributed by atoms with E-state index in [0.717, 1.165) is 31.8 Å². The summed E-state index contributed by atoms with van der Waals surface area (Å²) in [5.41, 5.74) is 6.76. The van der Waals surface area contributed by atoms with Crippen LogP contribution in [0.1, 0.15) is 40.4 Å². The van der Waals surface area contributed by atoms with E-state index < -0.39 is 0 Å². The molecule has 0 saturated heterocycles. The average molecular weight is 361 g/mol. The van der Waals surface area contributed by atoms with Crippen molar-refractivity contribution in [3.8, 4) is 5.75 Å². The number of rotatable bonds is 4. The second-order valence-corrected chi connectivity index (χ2v) is 7.55. The molecule has 0 unspecified atom stereocenters. The zero-order valence-electron chi connectivity index (χ0n) is 16.5. The first-order chi connectivity index (χ1) is 13.2. The van der Waals surface area contributed by atoms with E-state index in [9.17, 15) is 0 Å². The Hall–Kier alpha value is -2.52. The van der Waals surface area contributed by atoms with Gasteiger partial charge in [0, 0.05) is 31.5 Å². The maximum Gasteiger partial charge on any atom is 0.119 e. The number of fused-ring (bicyclic) bond motifs is 1. The van der Waals surface area contributed by atoms with E-state index in [1.807, 2.05) is 6.07 Å². The lowest BCUT2D eigenvalue weighted by atomic mass is 10.00. The van der Waals surface area contributed by atoms with Gasteiger partial charge >= 0.3 is 0 Å². The second-order valence-electron chi connectivity index (χ2n) is 7.55. The Balaban J connectivity index is 1.74. The maximum atomic E-state index is 5.50. The van der Waals surface area contributed by atoms with Crippen molar-refractivity contribution >= 4 is 0 Å². The van der Waals surface area contributed by atoms with Crippen LogP contribution in [-0.2, 0) is 13.1 Å². The van der Waals surface area contributed by atoms with Crippen LogP contribution in [0.5, 0.6) is 5.75 Å². The Kier molecular flexibility index (Phi) is 5.04. The molecule has 3 nitrogen and oxygen atoms in total. The van der Waals surface area contributed by atoms with E-state index in [-0.39, 0.29) is 6.04 Å². The second kappa shape index (κ2) is 7.61. The summed E-state index contributed by atoms with van der Waals surface area (Å²) < 4.78 is 7.91. The minimum absolute atomic E-state index is 0.235. The monoisotopic (exact) mass is 360 g/mol. The Morgan fingerprint density at radius 1 is 0.963 bits per heavy atom. The summed E-state index contributed by atoms with van der Waals surface area (Å²) in [7, 11) is 1.74. The first-order valence-electron chi connectivity index (χ1n) is 9.75. The lowest BCUT2D eigenvalue weighted by Gasteiger charge is -2.31. The number of methoxy groups -OCH3 is 1. The molecule has 0 amide bonds. The van der Waals surface area contributed by atoms with Crippen molar-refractivity contribution in [3.63, 3.8) is 0 Å². The molecule has 140 valence electrons. The Labute approximate surface area is 162 Å². The highest BCUT2D eigenvalue weighted by atomic mass is 16.5. The fourth-order valence-electron chi connectivity index (χ4n) is 4.14. The minimum atomic E-state index is 0.235. The van der Waals surface area contributed by atoms with Crippen LogP contribution < -0.4 is 4.74 Å². The average Bonchev–Trinajstić information content (AvgIpc) is 3.06. The van der Waals surface area contributed by atoms with Crippen LogP contribution in [0.25, 0.3) is 0 Å². The predicted octanol–water partition coefficient (Wildman–Crippen LogP) is 5.11. The first kappa shape index (κ1) is 17.9. The number of benzene rings is 2. The first-order valence-corrected chi connectivity index (χ1v) is 9.75. The van der Waals surface area contributed by atoms with Crippen LogP contribution in [0.2, 0.25) is 0 Å². The number of ether oxygens (including phenoxy) is 1. The van der Waals surface area contributed by atoms with E-state index in [1.165, 1.54) is 27.9 Å². The van der Waals surface area contributed by atoms with Crippen LogP contribution in [0, 0.1) is 13.8 Å².